The van der Waals surface area contributed by atoms with Crippen molar-refractivity contribution in [1.29, 1.82) is 0 Å². The van der Waals surface area contributed by atoms with Crippen LogP contribution in [0.1, 0.15) is 13.8 Å². The molecule has 0 aromatic heterocycles. The summed E-state index contributed by atoms with van der Waals surface area (Å²) in [4.78, 5) is 2.39. The summed E-state index contributed by atoms with van der Waals surface area (Å²) >= 11 is 0. The van der Waals surface area contributed by atoms with Crippen molar-refractivity contribution < 1.29 is 14.2 Å². The number of hydrogen-bond donors (Lipinski definition) is 1. The second-order valence-electron chi connectivity index (χ2n) is 5.15. The molecule has 1 fully saturated rings. The first kappa shape index (κ1) is 14.8. The van der Waals surface area contributed by atoms with Crippen LogP contribution in [-0.2, 0) is 0 Å². The molecule has 0 spiro atoms. The molecule has 1 aromatic carbocycles. The van der Waals surface area contributed by atoms with Crippen molar-refractivity contribution in [3.05, 3.63) is 12.1 Å². The largest absolute Gasteiger partial charge is 0.493 e. The Morgan fingerprint density at radius 1 is 0.950 bits per heavy atom. The van der Waals surface area contributed by atoms with E-state index in [-0.39, 0.29) is 0 Å². The van der Waals surface area contributed by atoms with E-state index in [4.69, 9.17) is 14.2 Å². The van der Waals surface area contributed by atoms with Crippen LogP contribution in [0.4, 0.5) is 5.69 Å². The summed E-state index contributed by atoms with van der Waals surface area (Å²) in [7, 11) is 4.91. The average Bonchev–Trinajstić information content (AvgIpc) is 2.45. The molecule has 20 heavy (non-hydrogen) atoms. The smallest absolute Gasteiger partial charge is 0.203 e. The van der Waals surface area contributed by atoms with Gasteiger partial charge < -0.3 is 24.4 Å². The quantitative estimate of drug-likeness (QED) is 0.912. The second kappa shape index (κ2) is 6.22. The first-order chi connectivity index (χ1) is 9.62. The number of nitrogens with one attached hydrogen (secondary N) is 1. The van der Waals surface area contributed by atoms with E-state index in [1.807, 2.05) is 12.1 Å². The van der Waals surface area contributed by atoms with Crippen molar-refractivity contribution in [3.63, 3.8) is 0 Å². The predicted molar refractivity (Wildman–Crippen MR) is 80.4 cm³/mol. The Kier molecular flexibility index (Phi) is 4.60. The van der Waals surface area contributed by atoms with Gasteiger partial charge in [0.1, 0.15) is 0 Å². The molecule has 2 atom stereocenters. The number of nitrogens with zero attached hydrogens (tertiary/aromatic N) is 1. The first-order valence-corrected chi connectivity index (χ1v) is 6.91. The maximum atomic E-state index is 5.43. The van der Waals surface area contributed by atoms with Crippen LogP contribution in [-0.4, -0.2) is 46.5 Å². The molecule has 0 radical (unpaired) electrons. The van der Waals surface area contributed by atoms with Gasteiger partial charge in [0.2, 0.25) is 5.75 Å². The molecule has 1 saturated heterocycles. The van der Waals surface area contributed by atoms with Crippen LogP contribution in [0.5, 0.6) is 17.2 Å². The van der Waals surface area contributed by atoms with Crippen molar-refractivity contribution in [3.8, 4) is 17.2 Å². The van der Waals surface area contributed by atoms with Crippen molar-refractivity contribution in [2.24, 2.45) is 0 Å². The highest BCUT2D eigenvalue weighted by Crippen LogP contribution is 2.41. The van der Waals surface area contributed by atoms with Crippen molar-refractivity contribution >= 4 is 5.69 Å². The maximum Gasteiger partial charge on any atom is 0.203 e. The van der Waals surface area contributed by atoms with Crippen molar-refractivity contribution in [1.82, 2.24) is 5.32 Å². The zero-order valence-electron chi connectivity index (χ0n) is 12.9. The van der Waals surface area contributed by atoms with Gasteiger partial charge in [-0.1, -0.05) is 0 Å². The molecule has 0 saturated carbocycles. The SMILES string of the molecule is COc1cc(N2C(C)CNCC2C)cc(OC)c1OC. The van der Waals surface area contributed by atoms with E-state index >= 15 is 0 Å². The lowest BCUT2D eigenvalue weighted by molar-refractivity contribution is 0.324. The Bertz CT molecular complexity index is 429. The number of rotatable bonds is 4. The fourth-order valence-electron chi connectivity index (χ4n) is 2.86. The number of piperazine rings is 1. The molecule has 1 N–H and O–H groups in total. The standard InChI is InChI=1S/C15H24N2O3/c1-10-8-16-9-11(2)17(10)12-6-13(18-3)15(20-5)14(7-12)19-4/h6-7,10-11,16H,8-9H2,1-5H3. The van der Waals surface area contributed by atoms with Crippen LogP contribution >= 0.6 is 0 Å². The minimum atomic E-state index is 0.418. The third-order valence-electron chi connectivity index (χ3n) is 3.78. The van der Waals surface area contributed by atoms with Gasteiger partial charge in [-0.3, -0.25) is 0 Å². The summed E-state index contributed by atoms with van der Waals surface area (Å²) in [5.41, 5.74) is 1.10. The van der Waals surface area contributed by atoms with Crippen molar-refractivity contribution in [2.75, 3.05) is 39.3 Å². The molecule has 1 aliphatic heterocycles. The van der Waals surface area contributed by atoms with Gasteiger partial charge in [0.25, 0.3) is 0 Å². The molecule has 5 nitrogen and oxygen atoms in total. The predicted octanol–water partition coefficient (Wildman–Crippen LogP) is 1.90. The van der Waals surface area contributed by atoms with Gasteiger partial charge in [-0.05, 0) is 13.8 Å². The molecule has 112 valence electrons. The van der Waals surface area contributed by atoms with Crippen LogP contribution in [0, 0.1) is 0 Å². The highest BCUT2D eigenvalue weighted by Gasteiger charge is 2.26. The van der Waals surface area contributed by atoms with E-state index in [0.29, 0.717) is 29.3 Å². The summed E-state index contributed by atoms with van der Waals surface area (Å²) in [5.74, 6) is 2.02. The van der Waals surface area contributed by atoms with Gasteiger partial charge in [0.15, 0.2) is 11.5 Å². The Morgan fingerprint density at radius 2 is 1.45 bits per heavy atom. The molecule has 2 unspecified atom stereocenters. The molecule has 1 heterocycles. The number of methoxy groups -OCH3 is 3. The summed E-state index contributed by atoms with van der Waals surface area (Å²) in [6.45, 7) is 6.37. The Hall–Kier alpha value is -1.62. The van der Waals surface area contributed by atoms with Gasteiger partial charge in [-0.2, -0.15) is 0 Å². The Labute approximate surface area is 120 Å². The van der Waals surface area contributed by atoms with E-state index in [1.54, 1.807) is 21.3 Å². The van der Waals surface area contributed by atoms with Crippen LogP contribution in [0.2, 0.25) is 0 Å². The third kappa shape index (κ3) is 2.63. The molecular formula is C15H24N2O3. The molecule has 1 aliphatic rings. The maximum absolute atomic E-state index is 5.43. The van der Waals surface area contributed by atoms with E-state index < -0.39 is 0 Å². The summed E-state index contributed by atoms with van der Waals surface area (Å²) in [5, 5.41) is 3.43. The number of ether oxygens (including phenoxy) is 3. The second-order valence-corrected chi connectivity index (χ2v) is 5.15. The summed E-state index contributed by atoms with van der Waals surface area (Å²) in [6, 6.07) is 4.86. The van der Waals surface area contributed by atoms with E-state index in [2.05, 4.69) is 24.1 Å². The fourth-order valence-corrected chi connectivity index (χ4v) is 2.86. The fraction of sp³-hybridized carbons (Fsp3) is 0.600. The minimum absolute atomic E-state index is 0.418. The zero-order chi connectivity index (χ0) is 14.7. The van der Waals surface area contributed by atoms with Crippen LogP contribution < -0.4 is 24.4 Å². The monoisotopic (exact) mass is 280 g/mol. The Morgan fingerprint density at radius 3 is 1.85 bits per heavy atom. The molecule has 5 heteroatoms. The lowest BCUT2D eigenvalue weighted by Crippen LogP contribution is -2.55. The van der Waals surface area contributed by atoms with Gasteiger partial charge in [0.05, 0.1) is 21.3 Å². The lowest BCUT2D eigenvalue weighted by atomic mass is 10.1. The summed E-state index contributed by atoms with van der Waals surface area (Å²) in [6.07, 6.45) is 0. The molecule has 0 bridgehead atoms. The van der Waals surface area contributed by atoms with Crippen LogP contribution in [0.25, 0.3) is 0 Å². The molecule has 0 aliphatic carbocycles. The Balaban J connectivity index is 2.45. The lowest BCUT2D eigenvalue weighted by Gasteiger charge is -2.41. The third-order valence-corrected chi connectivity index (χ3v) is 3.78. The van der Waals surface area contributed by atoms with Gasteiger partial charge >= 0.3 is 0 Å². The number of anilines is 1. The minimum Gasteiger partial charge on any atom is -0.493 e. The van der Waals surface area contributed by atoms with E-state index in [1.165, 1.54) is 0 Å². The summed E-state index contributed by atoms with van der Waals surface area (Å²) < 4.78 is 16.2. The molecular weight excluding hydrogens is 256 g/mol. The molecule has 0 amide bonds. The van der Waals surface area contributed by atoms with E-state index in [9.17, 15) is 0 Å². The number of hydrogen-bond acceptors (Lipinski definition) is 5. The van der Waals surface area contributed by atoms with E-state index in [0.717, 1.165) is 18.8 Å². The highest BCUT2D eigenvalue weighted by atomic mass is 16.5. The van der Waals surface area contributed by atoms with Crippen LogP contribution in [0.3, 0.4) is 0 Å². The first-order valence-electron chi connectivity index (χ1n) is 6.91. The van der Waals surface area contributed by atoms with Crippen LogP contribution in [0.15, 0.2) is 12.1 Å². The topological polar surface area (TPSA) is 43.0 Å². The zero-order valence-corrected chi connectivity index (χ0v) is 12.9. The normalized spacial score (nSPS) is 22.6. The molecule has 2 rings (SSSR count). The van der Waals surface area contributed by atoms with Gasteiger partial charge in [-0.25, -0.2) is 0 Å². The number of benzene rings is 1. The van der Waals surface area contributed by atoms with Gasteiger partial charge in [0, 0.05) is 43.0 Å². The average molecular weight is 280 g/mol. The van der Waals surface area contributed by atoms with Gasteiger partial charge in [-0.15, -0.1) is 0 Å². The molecule has 1 aromatic rings. The highest BCUT2D eigenvalue weighted by molar-refractivity contribution is 5.64. The van der Waals surface area contributed by atoms with Crippen molar-refractivity contribution in [2.45, 2.75) is 25.9 Å².